The quantitative estimate of drug-likeness (QED) is 0.666. The van der Waals surface area contributed by atoms with Gasteiger partial charge >= 0.3 is 0 Å². The lowest BCUT2D eigenvalue weighted by Gasteiger charge is -2.00. The Morgan fingerprint density at radius 3 is 2.27 bits per heavy atom. The van der Waals surface area contributed by atoms with Gasteiger partial charge in [0.05, 0.1) is 5.02 Å². The lowest BCUT2D eigenvalue weighted by molar-refractivity contribution is 0.627. The Kier molecular flexibility index (Phi) is 8.40. The molecule has 0 aliphatic heterocycles. The normalized spacial score (nSPS) is 9.40. The number of rotatable bonds is 3. The van der Waals surface area contributed by atoms with Gasteiger partial charge in [0.2, 0.25) is 0 Å². The molecule has 2 heteroatoms. The van der Waals surface area contributed by atoms with Gasteiger partial charge in [-0.05, 0) is 30.5 Å². The molecule has 0 atom stereocenters. The van der Waals surface area contributed by atoms with E-state index in [1.165, 1.54) is 12.5 Å². The summed E-state index contributed by atoms with van der Waals surface area (Å²) in [6, 6.07) is 4.91. The van der Waals surface area contributed by atoms with Crippen molar-refractivity contribution in [2.45, 2.75) is 46.5 Å². The fraction of sp³-hybridized carbons (Fsp3) is 0.538. The molecule has 0 saturated carbocycles. The first-order valence-corrected chi connectivity index (χ1v) is 5.97. The number of aryl methyl sites for hydroxylation is 1. The standard InChI is InChI=1S/C10H12ClF.C3H8/c1-2-3-4-8-5-6-10(12)9(11)7-8;1-3-2/h5-7H,2-4H2,1H3;3H2,1-2H3. The molecule has 1 rings (SSSR count). The van der Waals surface area contributed by atoms with E-state index in [9.17, 15) is 4.39 Å². The molecule has 0 aromatic heterocycles. The highest BCUT2D eigenvalue weighted by atomic mass is 35.5. The van der Waals surface area contributed by atoms with Crippen molar-refractivity contribution in [1.82, 2.24) is 0 Å². The number of unbranched alkanes of at least 4 members (excludes halogenated alkanes) is 1. The minimum Gasteiger partial charge on any atom is -0.205 e. The van der Waals surface area contributed by atoms with Gasteiger partial charge in [-0.2, -0.15) is 0 Å². The Morgan fingerprint density at radius 2 is 1.80 bits per heavy atom. The maximum atomic E-state index is 12.7. The molecule has 0 bridgehead atoms. The van der Waals surface area contributed by atoms with Crippen LogP contribution in [0.1, 0.15) is 45.6 Å². The van der Waals surface area contributed by atoms with Crippen molar-refractivity contribution in [3.05, 3.63) is 34.6 Å². The van der Waals surface area contributed by atoms with Gasteiger partial charge in [-0.25, -0.2) is 4.39 Å². The molecule has 0 fully saturated rings. The second kappa shape index (κ2) is 8.72. The van der Waals surface area contributed by atoms with E-state index in [4.69, 9.17) is 11.6 Å². The molecule has 0 spiro atoms. The predicted molar refractivity (Wildman–Crippen MR) is 66.0 cm³/mol. The fourth-order valence-corrected chi connectivity index (χ4v) is 1.28. The summed E-state index contributed by atoms with van der Waals surface area (Å²) in [7, 11) is 0. The molecule has 0 heterocycles. The highest BCUT2D eigenvalue weighted by molar-refractivity contribution is 6.30. The van der Waals surface area contributed by atoms with Gasteiger partial charge in [-0.15, -0.1) is 0 Å². The molecule has 0 saturated heterocycles. The zero-order valence-corrected chi connectivity index (χ0v) is 10.6. The highest BCUT2D eigenvalue weighted by Crippen LogP contribution is 2.17. The Bertz CT molecular complexity index is 271. The smallest absolute Gasteiger partial charge is 0.141 e. The van der Waals surface area contributed by atoms with Gasteiger partial charge in [0.15, 0.2) is 0 Å². The molecule has 0 N–H and O–H groups in total. The monoisotopic (exact) mass is 230 g/mol. The molecule has 0 aliphatic rings. The van der Waals surface area contributed by atoms with E-state index < -0.39 is 0 Å². The fourth-order valence-electron chi connectivity index (χ4n) is 1.08. The first-order chi connectivity index (χ1) is 7.15. The Hall–Kier alpha value is -0.560. The highest BCUT2D eigenvalue weighted by Gasteiger charge is 1.99. The van der Waals surface area contributed by atoms with Gasteiger partial charge in [0, 0.05) is 0 Å². The van der Waals surface area contributed by atoms with E-state index in [-0.39, 0.29) is 10.8 Å². The van der Waals surface area contributed by atoms with Crippen molar-refractivity contribution in [3.63, 3.8) is 0 Å². The minimum absolute atomic E-state index is 0.226. The average molecular weight is 231 g/mol. The zero-order valence-electron chi connectivity index (χ0n) is 9.82. The van der Waals surface area contributed by atoms with Crippen molar-refractivity contribution in [2.24, 2.45) is 0 Å². The SMILES string of the molecule is CCC.CCCCc1ccc(F)c(Cl)c1. The average Bonchev–Trinajstić information content (AvgIpc) is 2.21. The third kappa shape index (κ3) is 6.51. The third-order valence-electron chi connectivity index (χ3n) is 1.80. The Labute approximate surface area is 97.5 Å². The van der Waals surface area contributed by atoms with Crippen LogP contribution in [-0.4, -0.2) is 0 Å². The number of hydrogen-bond donors (Lipinski definition) is 0. The summed E-state index contributed by atoms with van der Waals surface area (Å²) >= 11 is 5.62. The molecule has 86 valence electrons. The van der Waals surface area contributed by atoms with Gasteiger partial charge in [-0.1, -0.05) is 51.3 Å². The van der Waals surface area contributed by atoms with Gasteiger partial charge in [-0.3, -0.25) is 0 Å². The van der Waals surface area contributed by atoms with Crippen LogP contribution in [0.4, 0.5) is 4.39 Å². The summed E-state index contributed by atoms with van der Waals surface area (Å²) in [5, 5.41) is 0.226. The van der Waals surface area contributed by atoms with Crippen molar-refractivity contribution >= 4 is 11.6 Å². The summed E-state index contributed by atoms with van der Waals surface area (Å²) < 4.78 is 12.7. The molecule has 15 heavy (non-hydrogen) atoms. The molecule has 1 aromatic carbocycles. The van der Waals surface area contributed by atoms with Crippen LogP contribution in [0.3, 0.4) is 0 Å². The molecular formula is C13H20ClF. The van der Waals surface area contributed by atoms with Crippen LogP contribution in [0.2, 0.25) is 5.02 Å². The van der Waals surface area contributed by atoms with Crippen LogP contribution in [0, 0.1) is 5.82 Å². The summed E-state index contributed by atoms with van der Waals surface area (Å²) in [6.07, 6.45) is 4.51. The van der Waals surface area contributed by atoms with Crippen LogP contribution < -0.4 is 0 Å². The van der Waals surface area contributed by atoms with E-state index in [2.05, 4.69) is 20.8 Å². The van der Waals surface area contributed by atoms with E-state index in [1.807, 2.05) is 0 Å². The Morgan fingerprint density at radius 1 is 1.20 bits per heavy atom. The number of hydrogen-bond acceptors (Lipinski definition) is 0. The summed E-state index contributed by atoms with van der Waals surface area (Å²) in [5.41, 5.74) is 1.11. The van der Waals surface area contributed by atoms with Gasteiger partial charge in [0.25, 0.3) is 0 Å². The largest absolute Gasteiger partial charge is 0.205 e. The van der Waals surface area contributed by atoms with Gasteiger partial charge < -0.3 is 0 Å². The van der Waals surface area contributed by atoms with Crippen molar-refractivity contribution in [1.29, 1.82) is 0 Å². The second-order valence-corrected chi connectivity index (χ2v) is 3.97. The lowest BCUT2D eigenvalue weighted by atomic mass is 10.1. The van der Waals surface area contributed by atoms with E-state index in [1.54, 1.807) is 12.1 Å². The van der Waals surface area contributed by atoms with Crippen LogP contribution in [0.25, 0.3) is 0 Å². The zero-order chi connectivity index (χ0) is 11.7. The Balaban J connectivity index is 0.000000583. The first kappa shape index (κ1) is 14.4. The van der Waals surface area contributed by atoms with Crippen LogP contribution in [0.5, 0.6) is 0 Å². The van der Waals surface area contributed by atoms with E-state index in [0.29, 0.717) is 0 Å². The maximum Gasteiger partial charge on any atom is 0.141 e. The van der Waals surface area contributed by atoms with Crippen molar-refractivity contribution in [2.75, 3.05) is 0 Å². The predicted octanol–water partition coefficient (Wildman–Crippen LogP) is 5.24. The molecule has 1 aromatic rings. The molecule has 0 unspecified atom stereocenters. The molecular weight excluding hydrogens is 211 g/mol. The molecule has 0 radical (unpaired) electrons. The number of halogens is 2. The summed E-state index contributed by atoms with van der Waals surface area (Å²) in [4.78, 5) is 0. The van der Waals surface area contributed by atoms with Crippen LogP contribution in [0.15, 0.2) is 18.2 Å². The van der Waals surface area contributed by atoms with Crippen molar-refractivity contribution in [3.8, 4) is 0 Å². The van der Waals surface area contributed by atoms with Crippen LogP contribution in [-0.2, 0) is 6.42 Å². The first-order valence-electron chi connectivity index (χ1n) is 5.59. The molecule has 0 nitrogen and oxygen atoms in total. The molecule has 0 aliphatic carbocycles. The lowest BCUT2D eigenvalue weighted by Crippen LogP contribution is -1.85. The van der Waals surface area contributed by atoms with Crippen LogP contribution >= 0.6 is 11.6 Å². The molecule has 0 amide bonds. The van der Waals surface area contributed by atoms with Gasteiger partial charge in [0.1, 0.15) is 5.82 Å². The topological polar surface area (TPSA) is 0 Å². The summed E-state index contributed by atoms with van der Waals surface area (Å²) in [6.45, 7) is 6.38. The maximum absolute atomic E-state index is 12.7. The van der Waals surface area contributed by atoms with E-state index in [0.717, 1.165) is 24.8 Å². The second-order valence-electron chi connectivity index (χ2n) is 3.56. The minimum atomic E-state index is -0.336. The summed E-state index contributed by atoms with van der Waals surface area (Å²) in [5.74, 6) is -0.336. The third-order valence-corrected chi connectivity index (χ3v) is 2.09. The van der Waals surface area contributed by atoms with Crippen molar-refractivity contribution < 1.29 is 4.39 Å². The van der Waals surface area contributed by atoms with E-state index >= 15 is 0 Å². The number of benzene rings is 1.